The van der Waals surface area contributed by atoms with Crippen molar-refractivity contribution in [2.75, 3.05) is 32.7 Å². The Balaban J connectivity index is 1.73. The number of rotatable bonds is 4. The molecule has 2 saturated heterocycles. The number of nitrogens with zero attached hydrogens (tertiary/aromatic N) is 2. The van der Waals surface area contributed by atoms with Crippen molar-refractivity contribution in [3.8, 4) is 0 Å². The first-order chi connectivity index (χ1) is 10.2. The normalized spacial score (nSPS) is 25.6. The number of benzene rings is 1. The summed E-state index contributed by atoms with van der Waals surface area (Å²) in [5, 5.41) is 0. The molecular weight excluding hydrogens is 333 g/mol. The van der Waals surface area contributed by atoms with E-state index in [1.165, 1.54) is 38.4 Å². The molecule has 0 amide bonds. The van der Waals surface area contributed by atoms with Crippen molar-refractivity contribution < 1.29 is 4.39 Å². The first kappa shape index (κ1) is 15.4. The Hall–Kier alpha value is -0.490. The van der Waals surface area contributed by atoms with Crippen molar-refractivity contribution in [1.29, 1.82) is 0 Å². The van der Waals surface area contributed by atoms with Gasteiger partial charge < -0.3 is 5.73 Å². The summed E-state index contributed by atoms with van der Waals surface area (Å²) in [6, 6.07) is 5.74. The number of halogens is 2. The predicted molar refractivity (Wildman–Crippen MR) is 86.7 cm³/mol. The number of nitrogens with two attached hydrogens (primary N) is 1. The van der Waals surface area contributed by atoms with Crippen LogP contribution in [0, 0.1) is 5.82 Å². The van der Waals surface area contributed by atoms with Gasteiger partial charge in [-0.05, 0) is 50.6 Å². The highest BCUT2D eigenvalue weighted by molar-refractivity contribution is 9.10. The van der Waals surface area contributed by atoms with E-state index in [1.807, 2.05) is 6.07 Å². The molecule has 0 bridgehead atoms. The van der Waals surface area contributed by atoms with E-state index in [9.17, 15) is 4.39 Å². The molecule has 21 heavy (non-hydrogen) atoms. The summed E-state index contributed by atoms with van der Waals surface area (Å²) < 4.78 is 15.1. The molecule has 1 aromatic carbocycles. The van der Waals surface area contributed by atoms with Gasteiger partial charge in [0.25, 0.3) is 0 Å². The van der Waals surface area contributed by atoms with E-state index >= 15 is 0 Å². The molecule has 3 rings (SSSR count). The van der Waals surface area contributed by atoms with Gasteiger partial charge in [0, 0.05) is 41.8 Å². The largest absolute Gasteiger partial charge is 0.329 e. The molecule has 2 atom stereocenters. The van der Waals surface area contributed by atoms with E-state index in [2.05, 4.69) is 25.7 Å². The fraction of sp³-hybridized carbons (Fsp3) is 0.625. The van der Waals surface area contributed by atoms with Crippen LogP contribution < -0.4 is 5.73 Å². The second-order valence-corrected chi connectivity index (χ2v) is 7.01. The lowest BCUT2D eigenvalue weighted by atomic mass is 10.1. The molecule has 2 heterocycles. The average Bonchev–Trinajstić information content (AvgIpc) is 3.14. The zero-order valence-electron chi connectivity index (χ0n) is 12.3. The molecule has 0 saturated carbocycles. The smallest absolute Gasteiger partial charge is 0.128 e. The molecule has 1 aromatic rings. The molecule has 2 unspecified atom stereocenters. The summed E-state index contributed by atoms with van der Waals surface area (Å²) >= 11 is 3.43. The third-order valence-electron chi connectivity index (χ3n) is 4.83. The van der Waals surface area contributed by atoms with Crippen LogP contribution in [-0.4, -0.2) is 48.6 Å². The lowest BCUT2D eigenvalue weighted by Gasteiger charge is -2.29. The molecule has 0 aliphatic carbocycles. The quantitative estimate of drug-likeness (QED) is 0.901. The van der Waals surface area contributed by atoms with Gasteiger partial charge in [-0.3, -0.25) is 9.80 Å². The van der Waals surface area contributed by atoms with Crippen LogP contribution in [0.3, 0.4) is 0 Å². The monoisotopic (exact) mass is 355 g/mol. The summed E-state index contributed by atoms with van der Waals surface area (Å²) in [5.74, 6) is -0.154. The van der Waals surface area contributed by atoms with Crippen molar-refractivity contribution in [3.63, 3.8) is 0 Å². The fourth-order valence-electron chi connectivity index (χ4n) is 3.70. The molecule has 0 aromatic heterocycles. The lowest BCUT2D eigenvalue weighted by Crippen LogP contribution is -2.38. The van der Waals surface area contributed by atoms with E-state index < -0.39 is 0 Å². The summed E-state index contributed by atoms with van der Waals surface area (Å²) in [7, 11) is 0. The minimum Gasteiger partial charge on any atom is -0.329 e. The SMILES string of the molecule is NCC(c1cc(Br)ccc1F)N1CCC(N2CCCC2)C1. The van der Waals surface area contributed by atoms with E-state index in [1.54, 1.807) is 6.07 Å². The van der Waals surface area contributed by atoms with Crippen molar-refractivity contribution in [1.82, 2.24) is 9.80 Å². The summed E-state index contributed by atoms with van der Waals surface area (Å²) in [5.41, 5.74) is 6.68. The highest BCUT2D eigenvalue weighted by atomic mass is 79.9. The molecule has 5 heteroatoms. The highest BCUT2D eigenvalue weighted by Gasteiger charge is 2.33. The number of hydrogen-bond donors (Lipinski definition) is 1. The van der Waals surface area contributed by atoms with Crippen LogP contribution in [0.15, 0.2) is 22.7 Å². The van der Waals surface area contributed by atoms with Crippen LogP contribution in [0.4, 0.5) is 4.39 Å². The van der Waals surface area contributed by atoms with Gasteiger partial charge in [0.1, 0.15) is 5.82 Å². The minimum absolute atomic E-state index is 0.0184. The third-order valence-corrected chi connectivity index (χ3v) is 5.33. The van der Waals surface area contributed by atoms with E-state index in [0.29, 0.717) is 18.2 Å². The molecule has 0 radical (unpaired) electrons. The second-order valence-electron chi connectivity index (χ2n) is 6.10. The van der Waals surface area contributed by atoms with Gasteiger partial charge in [0.15, 0.2) is 0 Å². The first-order valence-corrected chi connectivity index (χ1v) is 8.61. The van der Waals surface area contributed by atoms with Gasteiger partial charge in [-0.2, -0.15) is 0 Å². The van der Waals surface area contributed by atoms with Gasteiger partial charge in [-0.1, -0.05) is 15.9 Å². The number of likely N-dealkylation sites (tertiary alicyclic amines) is 2. The zero-order chi connectivity index (χ0) is 14.8. The van der Waals surface area contributed by atoms with Crippen LogP contribution in [0.1, 0.15) is 30.9 Å². The molecule has 0 spiro atoms. The molecular formula is C16H23BrFN3. The lowest BCUT2D eigenvalue weighted by molar-refractivity contribution is 0.200. The number of hydrogen-bond acceptors (Lipinski definition) is 3. The van der Waals surface area contributed by atoms with Crippen molar-refractivity contribution in [3.05, 3.63) is 34.1 Å². The van der Waals surface area contributed by atoms with Crippen molar-refractivity contribution in [2.24, 2.45) is 5.73 Å². The molecule has 2 fully saturated rings. The Bertz CT molecular complexity index is 490. The molecule has 2 aliphatic heterocycles. The van der Waals surface area contributed by atoms with Crippen LogP contribution in [0.2, 0.25) is 0 Å². The zero-order valence-corrected chi connectivity index (χ0v) is 13.9. The van der Waals surface area contributed by atoms with Crippen LogP contribution in [0.5, 0.6) is 0 Å². The van der Waals surface area contributed by atoms with E-state index in [4.69, 9.17) is 5.73 Å². The second kappa shape index (κ2) is 6.73. The molecule has 2 aliphatic rings. The maximum Gasteiger partial charge on any atom is 0.128 e. The Morgan fingerprint density at radius 1 is 1.29 bits per heavy atom. The van der Waals surface area contributed by atoms with Crippen LogP contribution >= 0.6 is 15.9 Å². The van der Waals surface area contributed by atoms with Gasteiger partial charge in [-0.25, -0.2) is 4.39 Å². The molecule has 116 valence electrons. The predicted octanol–water partition coefficient (Wildman–Crippen LogP) is 2.76. The van der Waals surface area contributed by atoms with Crippen LogP contribution in [0.25, 0.3) is 0 Å². The van der Waals surface area contributed by atoms with Gasteiger partial charge in [0.2, 0.25) is 0 Å². The van der Waals surface area contributed by atoms with Crippen LogP contribution in [-0.2, 0) is 0 Å². The fourth-order valence-corrected chi connectivity index (χ4v) is 4.08. The molecule has 3 nitrogen and oxygen atoms in total. The van der Waals surface area contributed by atoms with E-state index in [-0.39, 0.29) is 11.9 Å². The maximum atomic E-state index is 14.1. The van der Waals surface area contributed by atoms with Gasteiger partial charge >= 0.3 is 0 Å². The third kappa shape index (κ3) is 3.31. The Morgan fingerprint density at radius 3 is 2.76 bits per heavy atom. The Kier molecular flexibility index (Phi) is 4.94. The minimum atomic E-state index is -0.154. The van der Waals surface area contributed by atoms with Crippen molar-refractivity contribution in [2.45, 2.75) is 31.3 Å². The molecule has 2 N–H and O–H groups in total. The topological polar surface area (TPSA) is 32.5 Å². The Labute approximate surface area is 134 Å². The highest BCUT2D eigenvalue weighted by Crippen LogP contribution is 2.30. The summed E-state index contributed by atoms with van der Waals surface area (Å²) in [4.78, 5) is 4.94. The Morgan fingerprint density at radius 2 is 2.05 bits per heavy atom. The van der Waals surface area contributed by atoms with Crippen molar-refractivity contribution >= 4 is 15.9 Å². The van der Waals surface area contributed by atoms with Gasteiger partial charge in [-0.15, -0.1) is 0 Å². The first-order valence-electron chi connectivity index (χ1n) is 7.82. The maximum absolute atomic E-state index is 14.1. The average molecular weight is 356 g/mol. The summed E-state index contributed by atoms with van der Waals surface area (Å²) in [6.07, 6.45) is 3.81. The summed E-state index contributed by atoms with van der Waals surface area (Å²) in [6.45, 7) is 4.91. The van der Waals surface area contributed by atoms with E-state index in [0.717, 1.165) is 17.6 Å². The van der Waals surface area contributed by atoms with Gasteiger partial charge in [0.05, 0.1) is 0 Å². The standard InChI is InChI=1S/C16H23BrFN3/c17-12-3-4-15(18)14(9-12)16(10-19)21-8-5-13(11-21)20-6-1-2-7-20/h3-4,9,13,16H,1-2,5-8,10-11,19H2.